The lowest BCUT2D eigenvalue weighted by molar-refractivity contribution is -0.140. The van der Waals surface area contributed by atoms with Crippen LogP contribution in [-0.4, -0.2) is 59.2 Å². The van der Waals surface area contributed by atoms with Crippen LogP contribution < -0.4 is 10.6 Å². The van der Waals surface area contributed by atoms with E-state index in [2.05, 4.69) is 26.6 Å². The van der Waals surface area contributed by atoms with Crippen molar-refractivity contribution >= 4 is 39.7 Å². The number of amides is 5. The Morgan fingerprint density at radius 3 is 2.57 bits per heavy atom. The Balaban J connectivity index is 2.13. The lowest BCUT2D eigenvalue weighted by atomic mass is 9.92. The second-order valence-electron chi connectivity index (χ2n) is 7.09. The van der Waals surface area contributed by atoms with Gasteiger partial charge in [-0.3, -0.25) is 19.3 Å². The number of benzene rings is 1. The minimum atomic E-state index is -1.26. The van der Waals surface area contributed by atoms with Gasteiger partial charge >= 0.3 is 6.03 Å². The molecule has 0 aliphatic carbocycles. The highest BCUT2D eigenvalue weighted by molar-refractivity contribution is 9.10. The number of urea groups is 1. The summed E-state index contributed by atoms with van der Waals surface area (Å²) >= 11 is 3.36. The molecule has 1 aromatic carbocycles. The number of imide groups is 1. The van der Waals surface area contributed by atoms with Crippen molar-refractivity contribution in [2.45, 2.75) is 39.3 Å². The summed E-state index contributed by atoms with van der Waals surface area (Å²) < 4.78 is 0.774. The number of nitrogens with one attached hydrogen (secondary N) is 2. The summed E-state index contributed by atoms with van der Waals surface area (Å²) in [6, 6.07) is 6.39. The summed E-state index contributed by atoms with van der Waals surface area (Å²) in [5.74, 6) is -1.27. The predicted octanol–water partition coefficient (Wildman–Crippen LogP) is 1.59. The predicted molar refractivity (Wildman–Crippen MR) is 107 cm³/mol. The van der Waals surface area contributed by atoms with Crippen LogP contribution in [0.2, 0.25) is 0 Å². The molecule has 1 atom stereocenters. The normalized spacial score (nSPS) is 19.0. The van der Waals surface area contributed by atoms with Crippen molar-refractivity contribution in [2.24, 2.45) is 0 Å². The molecule has 152 valence electrons. The molecule has 0 spiro atoms. The van der Waals surface area contributed by atoms with Crippen LogP contribution in [0.1, 0.15) is 33.3 Å². The molecule has 2 N–H and O–H groups in total. The highest BCUT2D eigenvalue weighted by Gasteiger charge is 2.49. The standard InChI is InChI=1S/C19H25BrN4O4/c1-5-23(10-15(25)21-12(2)3)16(26)11-24-17(27)19(4,22-18(24)28)13-7-6-8-14(20)9-13/h6-9,12H,5,10-11H2,1-4H3,(H,21,25)(H,22,28)/t19-/m0/s1. The van der Waals surface area contributed by atoms with Crippen molar-refractivity contribution in [3.8, 4) is 0 Å². The average molecular weight is 453 g/mol. The second kappa shape index (κ2) is 8.72. The van der Waals surface area contributed by atoms with Gasteiger partial charge in [-0.15, -0.1) is 0 Å². The zero-order valence-corrected chi connectivity index (χ0v) is 18.0. The molecule has 0 radical (unpaired) electrons. The number of likely N-dealkylation sites (N-methyl/N-ethyl adjacent to an activating group) is 1. The molecule has 1 aliphatic heterocycles. The van der Waals surface area contributed by atoms with Gasteiger partial charge < -0.3 is 15.5 Å². The molecule has 0 bridgehead atoms. The Bertz CT molecular complexity index is 798. The van der Waals surface area contributed by atoms with Gasteiger partial charge in [-0.05, 0) is 45.4 Å². The highest BCUT2D eigenvalue weighted by Crippen LogP contribution is 2.30. The molecule has 28 heavy (non-hydrogen) atoms. The SMILES string of the molecule is CCN(CC(=O)NC(C)C)C(=O)CN1C(=O)N[C@@](C)(c2cccc(Br)c2)C1=O. The van der Waals surface area contributed by atoms with E-state index in [0.29, 0.717) is 5.56 Å². The van der Waals surface area contributed by atoms with Gasteiger partial charge in [0.1, 0.15) is 12.1 Å². The van der Waals surface area contributed by atoms with Crippen LogP contribution in [0, 0.1) is 0 Å². The minimum Gasteiger partial charge on any atom is -0.352 e. The molecule has 0 saturated carbocycles. The van der Waals surface area contributed by atoms with Gasteiger partial charge in [0.15, 0.2) is 0 Å². The molecule has 1 aliphatic rings. The lowest BCUT2D eigenvalue weighted by Gasteiger charge is -2.24. The topological polar surface area (TPSA) is 98.8 Å². The number of halogens is 1. The number of carbonyl (C=O) groups is 4. The van der Waals surface area contributed by atoms with Crippen molar-refractivity contribution in [1.82, 2.24) is 20.4 Å². The summed E-state index contributed by atoms with van der Waals surface area (Å²) in [5.41, 5.74) is -0.647. The Hall–Kier alpha value is -2.42. The van der Waals surface area contributed by atoms with E-state index in [9.17, 15) is 19.2 Å². The van der Waals surface area contributed by atoms with E-state index in [1.807, 2.05) is 19.9 Å². The molecule has 1 heterocycles. The van der Waals surface area contributed by atoms with Gasteiger partial charge in [-0.2, -0.15) is 0 Å². The van der Waals surface area contributed by atoms with Gasteiger partial charge in [0.05, 0.1) is 6.54 Å². The van der Waals surface area contributed by atoms with E-state index in [1.165, 1.54) is 4.90 Å². The van der Waals surface area contributed by atoms with Crippen LogP contribution in [0.4, 0.5) is 4.79 Å². The van der Waals surface area contributed by atoms with E-state index < -0.39 is 29.9 Å². The Labute approximate surface area is 172 Å². The first-order chi connectivity index (χ1) is 13.1. The number of hydrogen-bond donors (Lipinski definition) is 2. The van der Waals surface area contributed by atoms with E-state index in [1.54, 1.807) is 32.0 Å². The van der Waals surface area contributed by atoms with Crippen molar-refractivity contribution in [1.29, 1.82) is 0 Å². The fraction of sp³-hybridized carbons (Fsp3) is 0.474. The van der Waals surface area contributed by atoms with Crippen molar-refractivity contribution < 1.29 is 19.2 Å². The van der Waals surface area contributed by atoms with Gasteiger partial charge in [-0.1, -0.05) is 28.1 Å². The van der Waals surface area contributed by atoms with Crippen LogP contribution in [-0.2, 0) is 19.9 Å². The third-order valence-electron chi connectivity index (χ3n) is 4.49. The summed E-state index contributed by atoms with van der Waals surface area (Å²) in [6.45, 7) is 6.73. The number of hydrogen-bond acceptors (Lipinski definition) is 4. The Morgan fingerprint density at radius 1 is 1.32 bits per heavy atom. The van der Waals surface area contributed by atoms with Crippen LogP contribution >= 0.6 is 15.9 Å². The number of carbonyl (C=O) groups excluding carboxylic acids is 4. The van der Waals surface area contributed by atoms with Crippen LogP contribution in [0.3, 0.4) is 0 Å². The Morgan fingerprint density at radius 2 is 2.00 bits per heavy atom. The smallest absolute Gasteiger partial charge is 0.325 e. The first kappa shape index (κ1) is 21.9. The van der Waals surface area contributed by atoms with Crippen LogP contribution in [0.15, 0.2) is 28.7 Å². The minimum absolute atomic E-state index is 0.0434. The Kier molecular flexibility index (Phi) is 6.82. The van der Waals surface area contributed by atoms with Gasteiger partial charge in [0.25, 0.3) is 5.91 Å². The van der Waals surface area contributed by atoms with E-state index in [0.717, 1.165) is 9.37 Å². The molecule has 1 saturated heterocycles. The first-order valence-electron chi connectivity index (χ1n) is 9.05. The maximum absolute atomic E-state index is 12.9. The summed E-state index contributed by atoms with van der Waals surface area (Å²) in [5, 5.41) is 5.39. The molecule has 1 aromatic rings. The second-order valence-corrected chi connectivity index (χ2v) is 8.00. The fourth-order valence-corrected chi connectivity index (χ4v) is 3.39. The molecule has 8 nitrogen and oxygen atoms in total. The fourth-order valence-electron chi connectivity index (χ4n) is 2.99. The van der Waals surface area contributed by atoms with Crippen molar-refractivity contribution in [3.63, 3.8) is 0 Å². The monoisotopic (exact) mass is 452 g/mol. The molecular weight excluding hydrogens is 428 g/mol. The van der Waals surface area contributed by atoms with Crippen LogP contribution in [0.25, 0.3) is 0 Å². The number of rotatable bonds is 7. The third kappa shape index (κ3) is 4.70. The van der Waals surface area contributed by atoms with E-state index in [-0.39, 0.29) is 25.0 Å². The maximum atomic E-state index is 12.9. The van der Waals surface area contributed by atoms with Gasteiger partial charge in [0, 0.05) is 17.1 Å². The quantitative estimate of drug-likeness (QED) is 0.613. The van der Waals surface area contributed by atoms with E-state index >= 15 is 0 Å². The summed E-state index contributed by atoms with van der Waals surface area (Å²) in [4.78, 5) is 52.1. The highest BCUT2D eigenvalue weighted by atomic mass is 79.9. The lowest BCUT2D eigenvalue weighted by Crippen LogP contribution is -2.48. The van der Waals surface area contributed by atoms with E-state index in [4.69, 9.17) is 0 Å². The maximum Gasteiger partial charge on any atom is 0.325 e. The first-order valence-corrected chi connectivity index (χ1v) is 9.85. The molecular formula is C19H25BrN4O4. The van der Waals surface area contributed by atoms with Gasteiger partial charge in [0.2, 0.25) is 11.8 Å². The van der Waals surface area contributed by atoms with Crippen molar-refractivity contribution in [2.75, 3.05) is 19.6 Å². The number of nitrogens with zero attached hydrogens (tertiary/aromatic N) is 2. The molecule has 5 amide bonds. The summed E-state index contributed by atoms with van der Waals surface area (Å²) in [7, 11) is 0. The van der Waals surface area contributed by atoms with Crippen LogP contribution in [0.5, 0.6) is 0 Å². The van der Waals surface area contributed by atoms with Gasteiger partial charge in [-0.25, -0.2) is 4.79 Å². The zero-order valence-electron chi connectivity index (χ0n) is 16.4. The molecule has 9 heteroatoms. The molecule has 1 fully saturated rings. The molecule has 0 aromatic heterocycles. The zero-order chi connectivity index (χ0) is 21.1. The average Bonchev–Trinajstić information content (AvgIpc) is 2.83. The molecule has 2 rings (SSSR count). The largest absolute Gasteiger partial charge is 0.352 e. The molecule has 0 unspecified atom stereocenters. The third-order valence-corrected chi connectivity index (χ3v) is 4.98. The van der Waals surface area contributed by atoms with Crippen molar-refractivity contribution in [3.05, 3.63) is 34.3 Å². The summed E-state index contributed by atoms with van der Waals surface area (Å²) in [6.07, 6.45) is 0.